The van der Waals surface area contributed by atoms with Gasteiger partial charge in [-0.25, -0.2) is 4.79 Å². The van der Waals surface area contributed by atoms with Crippen molar-refractivity contribution >= 4 is 33.5 Å². The van der Waals surface area contributed by atoms with Gasteiger partial charge in [0.15, 0.2) is 0 Å². The number of methoxy groups -OCH3 is 1. The molecule has 0 bridgehead atoms. The highest BCUT2D eigenvalue weighted by Gasteiger charge is 2.34. The van der Waals surface area contributed by atoms with Crippen LogP contribution in [0.3, 0.4) is 0 Å². The number of β-amino-alcohol motifs (C(OH)–C–C–N with tert-alkyl or cyclic N) is 1. The maximum atomic E-state index is 12.6. The summed E-state index contributed by atoms with van der Waals surface area (Å²) >= 11 is 3.47. The maximum absolute atomic E-state index is 12.6. The van der Waals surface area contributed by atoms with Crippen molar-refractivity contribution in [1.82, 2.24) is 4.90 Å². The van der Waals surface area contributed by atoms with E-state index >= 15 is 0 Å². The fourth-order valence-electron chi connectivity index (χ4n) is 2.74. The number of anilines is 1. The second-order valence-corrected chi connectivity index (χ2v) is 6.45. The van der Waals surface area contributed by atoms with E-state index in [9.17, 15) is 9.59 Å². The van der Waals surface area contributed by atoms with E-state index in [1.807, 2.05) is 26.0 Å². The first-order chi connectivity index (χ1) is 11.4. The number of carbonyl (C=O) groups is 2. The van der Waals surface area contributed by atoms with Gasteiger partial charge in [0.2, 0.25) is 0 Å². The Morgan fingerprint density at radius 2 is 2.17 bits per heavy atom. The maximum Gasteiger partial charge on any atom is 0.337 e. The summed E-state index contributed by atoms with van der Waals surface area (Å²) in [6.07, 6.45) is 0.776. The summed E-state index contributed by atoms with van der Waals surface area (Å²) < 4.78 is 5.76. The quantitative estimate of drug-likeness (QED) is 0.718. The molecule has 1 aromatic carbocycles. The minimum Gasteiger partial charge on any atom is -0.466 e. The van der Waals surface area contributed by atoms with Gasteiger partial charge in [0, 0.05) is 16.7 Å². The van der Waals surface area contributed by atoms with E-state index in [0.29, 0.717) is 0 Å². The Kier molecular flexibility index (Phi) is 6.01. The molecular formula is C17H21BrN2O4. The van der Waals surface area contributed by atoms with Crippen molar-refractivity contribution in [1.29, 1.82) is 0 Å². The van der Waals surface area contributed by atoms with Gasteiger partial charge in [-0.15, -0.1) is 0 Å². The lowest BCUT2D eigenvalue weighted by Crippen LogP contribution is -2.31. The Labute approximate surface area is 149 Å². The summed E-state index contributed by atoms with van der Waals surface area (Å²) in [6, 6.07) is 3.93. The summed E-state index contributed by atoms with van der Waals surface area (Å²) in [5.74, 6) is -0.854. The number of aliphatic hydroxyl groups excluding tert-OH is 1. The molecule has 0 saturated heterocycles. The average Bonchev–Trinajstić information content (AvgIpc) is 2.86. The van der Waals surface area contributed by atoms with Crippen molar-refractivity contribution in [3.63, 3.8) is 0 Å². The first-order valence-electron chi connectivity index (χ1n) is 7.70. The van der Waals surface area contributed by atoms with Crippen LogP contribution in [-0.2, 0) is 20.7 Å². The molecule has 1 aliphatic rings. The molecule has 0 atom stereocenters. The van der Waals surface area contributed by atoms with Gasteiger partial charge in [-0.1, -0.05) is 22.9 Å². The lowest BCUT2D eigenvalue weighted by atomic mass is 10.1. The molecule has 7 heteroatoms. The van der Waals surface area contributed by atoms with Crippen molar-refractivity contribution in [2.75, 3.05) is 32.1 Å². The van der Waals surface area contributed by atoms with E-state index in [4.69, 9.17) is 9.84 Å². The summed E-state index contributed by atoms with van der Waals surface area (Å²) in [5.41, 5.74) is 3.31. The fourth-order valence-corrected chi connectivity index (χ4v) is 3.36. The predicted molar refractivity (Wildman–Crippen MR) is 94.6 cm³/mol. The number of aliphatic hydroxyl groups is 1. The van der Waals surface area contributed by atoms with E-state index in [1.54, 1.807) is 0 Å². The molecule has 130 valence electrons. The number of hydrogen-bond acceptors (Lipinski definition) is 5. The molecule has 1 heterocycles. The van der Waals surface area contributed by atoms with Crippen LogP contribution >= 0.6 is 15.9 Å². The van der Waals surface area contributed by atoms with E-state index in [1.165, 1.54) is 12.0 Å². The highest BCUT2D eigenvalue weighted by atomic mass is 79.9. The van der Waals surface area contributed by atoms with Crippen LogP contribution in [0.1, 0.15) is 18.1 Å². The number of nitrogens with zero attached hydrogens (tertiary/aromatic N) is 1. The fraction of sp³-hybridized carbons (Fsp3) is 0.412. The van der Waals surface area contributed by atoms with Crippen LogP contribution in [0.5, 0.6) is 0 Å². The summed E-state index contributed by atoms with van der Waals surface area (Å²) in [6.45, 7) is 4.10. The molecule has 0 fully saturated rings. The Bertz CT molecular complexity index is 700. The van der Waals surface area contributed by atoms with E-state index in [2.05, 4.69) is 21.2 Å². The normalized spacial score (nSPS) is 14.4. The van der Waals surface area contributed by atoms with Crippen LogP contribution < -0.4 is 5.32 Å². The average molecular weight is 397 g/mol. The molecule has 24 heavy (non-hydrogen) atoms. The van der Waals surface area contributed by atoms with Crippen LogP contribution in [0.2, 0.25) is 0 Å². The van der Waals surface area contributed by atoms with Crippen molar-refractivity contribution in [3.8, 4) is 0 Å². The molecule has 6 nitrogen and oxygen atoms in total. The third kappa shape index (κ3) is 3.62. The molecule has 0 spiro atoms. The van der Waals surface area contributed by atoms with Gasteiger partial charge < -0.3 is 20.1 Å². The van der Waals surface area contributed by atoms with Crippen LogP contribution in [0.15, 0.2) is 27.9 Å². The summed E-state index contributed by atoms with van der Waals surface area (Å²) in [7, 11) is 1.29. The second-order valence-electron chi connectivity index (χ2n) is 5.53. The highest BCUT2D eigenvalue weighted by molar-refractivity contribution is 9.10. The first-order valence-corrected chi connectivity index (χ1v) is 8.49. The Balaban J connectivity index is 2.44. The number of hydrogen-bond donors (Lipinski definition) is 2. The van der Waals surface area contributed by atoms with Crippen molar-refractivity contribution < 1.29 is 19.4 Å². The molecule has 0 aromatic heterocycles. The predicted octanol–water partition coefficient (Wildman–Crippen LogP) is 1.99. The number of carbonyl (C=O) groups excluding carboxylic acids is 2. The van der Waals surface area contributed by atoms with Gasteiger partial charge in [0.25, 0.3) is 5.91 Å². The Morgan fingerprint density at radius 3 is 2.75 bits per heavy atom. The van der Waals surface area contributed by atoms with Crippen LogP contribution in [0, 0.1) is 6.92 Å². The molecule has 0 radical (unpaired) electrons. The zero-order chi connectivity index (χ0) is 17.9. The first kappa shape index (κ1) is 18.5. The smallest absolute Gasteiger partial charge is 0.337 e. The Morgan fingerprint density at radius 1 is 1.46 bits per heavy atom. The molecular weight excluding hydrogens is 376 g/mol. The molecule has 0 unspecified atom stereocenters. The zero-order valence-electron chi connectivity index (χ0n) is 14.0. The SMILES string of the molecule is CCc1cc(Br)cc(C)c1NC1=C(C(=O)OC)CN(CCO)C1=O. The number of halogens is 1. The number of aryl methyl sites for hydroxylation is 2. The minimum absolute atomic E-state index is 0.130. The lowest BCUT2D eigenvalue weighted by Gasteiger charge is -2.17. The van der Waals surface area contributed by atoms with Crippen LogP contribution in [-0.4, -0.2) is 48.7 Å². The van der Waals surface area contributed by atoms with Crippen molar-refractivity contribution in [2.45, 2.75) is 20.3 Å². The molecule has 2 N–H and O–H groups in total. The second kappa shape index (κ2) is 7.81. The topological polar surface area (TPSA) is 78.9 Å². The van der Waals surface area contributed by atoms with Gasteiger partial charge in [0.1, 0.15) is 5.70 Å². The molecule has 1 aliphatic heterocycles. The van der Waals surface area contributed by atoms with Crippen LogP contribution in [0.4, 0.5) is 5.69 Å². The largest absolute Gasteiger partial charge is 0.466 e. The van der Waals surface area contributed by atoms with E-state index in [-0.39, 0.29) is 36.9 Å². The molecule has 0 saturated carbocycles. The summed E-state index contributed by atoms with van der Waals surface area (Å²) in [4.78, 5) is 26.0. The minimum atomic E-state index is -0.542. The van der Waals surface area contributed by atoms with E-state index in [0.717, 1.165) is 27.7 Å². The van der Waals surface area contributed by atoms with Crippen molar-refractivity contribution in [2.24, 2.45) is 0 Å². The number of ether oxygens (including phenoxy) is 1. The third-order valence-electron chi connectivity index (χ3n) is 3.97. The number of nitrogens with one attached hydrogen (secondary N) is 1. The third-order valence-corrected chi connectivity index (χ3v) is 4.42. The lowest BCUT2D eigenvalue weighted by molar-refractivity contribution is -0.136. The number of esters is 1. The summed E-state index contributed by atoms with van der Waals surface area (Å²) in [5, 5.41) is 12.2. The molecule has 0 aliphatic carbocycles. The molecule has 1 aromatic rings. The number of rotatable bonds is 6. The zero-order valence-corrected chi connectivity index (χ0v) is 15.6. The molecule has 2 rings (SSSR count). The van der Waals surface area contributed by atoms with Crippen molar-refractivity contribution in [3.05, 3.63) is 39.0 Å². The van der Waals surface area contributed by atoms with Gasteiger partial charge in [-0.05, 0) is 36.6 Å². The Hall–Kier alpha value is -1.86. The van der Waals surface area contributed by atoms with E-state index < -0.39 is 5.97 Å². The number of amides is 1. The standard InChI is InChI=1S/C17H21BrN2O4/c1-4-11-8-12(18)7-10(2)14(11)19-15-13(17(23)24-3)9-20(5-6-21)16(15)22/h7-8,19,21H,4-6,9H2,1-3H3. The van der Waals surface area contributed by atoms with Gasteiger partial charge in [-0.3, -0.25) is 4.79 Å². The van der Waals surface area contributed by atoms with Gasteiger partial charge in [-0.2, -0.15) is 0 Å². The van der Waals surface area contributed by atoms with Crippen LogP contribution in [0.25, 0.3) is 0 Å². The number of benzene rings is 1. The highest BCUT2D eigenvalue weighted by Crippen LogP contribution is 2.30. The van der Waals surface area contributed by atoms with Gasteiger partial charge in [0.05, 0.1) is 25.8 Å². The molecule has 1 amide bonds. The van der Waals surface area contributed by atoms with Gasteiger partial charge >= 0.3 is 5.97 Å². The monoisotopic (exact) mass is 396 g/mol.